The first-order valence-corrected chi connectivity index (χ1v) is 6.97. The van der Waals surface area contributed by atoms with Gasteiger partial charge in [-0.2, -0.15) is 0 Å². The topological polar surface area (TPSA) is 76.2 Å². The summed E-state index contributed by atoms with van der Waals surface area (Å²) in [6, 6.07) is 0. The summed E-state index contributed by atoms with van der Waals surface area (Å²) < 4.78 is 9.88. The van der Waals surface area contributed by atoms with Gasteiger partial charge in [0.05, 0.1) is 13.0 Å². The van der Waals surface area contributed by atoms with Crippen LogP contribution in [-0.4, -0.2) is 66.7 Å². The number of esters is 1. The number of amides is 2. The first-order valence-electron chi connectivity index (χ1n) is 6.97. The minimum atomic E-state index is -0.587. The zero-order chi connectivity index (χ0) is 16.2. The monoisotopic (exact) mass is 300 g/mol. The van der Waals surface area contributed by atoms with E-state index in [9.17, 15) is 14.4 Å². The maximum Gasteiger partial charge on any atom is 0.410 e. The minimum Gasteiger partial charge on any atom is -0.469 e. The standard InChI is InChI=1S/C14H24N2O5/c1-10(12(18)20-5)8-15-6-7-16(9-11(15)17)13(19)21-14(2,3)4/h10H,6-9H2,1-5H3. The minimum absolute atomic E-state index is 0.0250. The van der Waals surface area contributed by atoms with E-state index in [1.54, 1.807) is 32.6 Å². The predicted octanol–water partition coefficient (Wildman–Crippen LogP) is 0.875. The Labute approximate surface area is 125 Å². The van der Waals surface area contributed by atoms with Gasteiger partial charge in [0.1, 0.15) is 12.1 Å². The number of carbonyl (C=O) groups is 3. The fraction of sp³-hybridized carbons (Fsp3) is 0.786. The number of hydrogen-bond donors (Lipinski definition) is 0. The van der Waals surface area contributed by atoms with Crippen LogP contribution in [0.25, 0.3) is 0 Å². The molecule has 1 saturated heterocycles. The third kappa shape index (κ3) is 5.24. The van der Waals surface area contributed by atoms with E-state index in [2.05, 4.69) is 4.74 Å². The Kier molecular flexibility index (Phi) is 5.57. The third-order valence-corrected chi connectivity index (χ3v) is 3.07. The van der Waals surface area contributed by atoms with E-state index in [1.807, 2.05) is 0 Å². The highest BCUT2D eigenvalue weighted by atomic mass is 16.6. The Hall–Kier alpha value is -1.79. The lowest BCUT2D eigenvalue weighted by atomic mass is 10.1. The van der Waals surface area contributed by atoms with Gasteiger partial charge < -0.3 is 14.4 Å². The number of rotatable bonds is 3. The summed E-state index contributed by atoms with van der Waals surface area (Å²) in [4.78, 5) is 38.3. The molecule has 0 radical (unpaired) electrons. The Morgan fingerprint density at radius 1 is 1.29 bits per heavy atom. The van der Waals surface area contributed by atoms with Crippen molar-refractivity contribution in [2.75, 3.05) is 33.3 Å². The van der Waals surface area contributed by atoms with E-state index in [0.29, 0.717) is 19.6 Å². The van der Waals surface area contributed by atoms with E-state index in [-0.39, 0.29) is 24.3 Å². The molecule has 0 aromatic heterocycles. The second-order valence-electron chi connectivity index (χ2n) is 6.17. The lowest BCUT2D eigenvalue weighted by Gasteiger charge is -2.35. The van der Waals surface area contributed by atoms with Crippen molar-refractivity contribution >= 4 is 18.0 Å². The molecule has 0 N–H and O–H groups in total. The molecule has 0 spiro atoms. The van der Waals surface area contributed by atoms with E-state index in [4.69, 9.17) is 4.74 Å². The van der Waals surface area contributed by atoms with E-state index in [0.717, 1.165) is 0 Å². The Balaban J connectivity index is 2.53. The van der Waals surface area contributed by atoms with E-state index in [1.165, 1.54) is 12.0 Å². The summed E-state index contributed by atoms with van der Waals surface area (Å²) in [7, 11) is 1.32. The molecular weight excluding hydrogens is 276 g/mol. The molecule has 7 heteroatoms. The molecule has 0 saturated carbocycles. The second-order valence-corrected chi connectivity index (χ2v) is 6.17. The highest BCUT2D eigenvalue weighted by Gasteiger charge is 2.31. The summed E-state index contributed by atoms with van der Waals surface area (Å²) in [6.07, 6.45) is -0.489. The Morgan fingerprint density at radius 2 is 1.90 bits per heavy atom. The van der Waals surface area contributed by atoms with Gasteiger partial charge >= 0.3 is 12.1 Å². The van der Waals surface area contributed by atoms with Crippen molar-refractivity contribution < 1.29 is 23.9 Å². The summed E-state index contributed by atoms with van der Waals surface area (Å²) in [5.74, 6) is -0.924. The molecule has 1 fully saturated rings. The molecule has 0 aliphatic carbocycles. The fourth-order valence-corrected chi connectivity index (χ4v) is 1.99. The molecule has 1 rings (SSSR count). The molecule has 1 unspecified atom stereocenters. The van der Waals surface area contributed by atoms with Gasteiger partial charge in [0.2, 0.25) is 5.91 Å². The van der Waals surface area contributed by atoms with Gasteiger partial charge in [0.25, 0.3) is 0 Å². The Morgan fingerprint density at radius 3 is 2.38 bits per heavy atom. The molecule has 120 valence electrons. The van der Waals surface area contributed by atoms with Crippen molar-refractivity contribution in [2.24, 2.45) is 5.92 Å². The first-order chi connectivity index (χ1) is 9.64. The average Bonchev–Trinajstić information content (AvgIpc) is 2.37. The number of ether oxygens (including phenoxy) is 2. The number of hydrogen-bond acceptors (Lipinski definition) is 5. The van der Waals surface area contributed by atoms with Gasteiger partial charge in [-0.3, -0.25) is 14.5 Å². The van der Waals surface area contributed by atoms with Crippen molar-refractivity contribution in [3.05, 3.63) is 0 Å². The van der Waals surface area contributed by atoms with Crippen molar-refractivity contribution in [1.29, 1.82) is 0 Å². The van der Waals surface area contributed by atoms with Crippen LogP contribution >= 0.6 is 0 Å². The lowest BCUT2D eigenvalue weighted by Crippen LogP contribution is -2.54. The fourth-order valence-electron chi connectivity index (χ4n) is 1.99. The van der Waals surface area contributed by atoms with Crippen molar-refractivity contribution in [3.63, 3.8) is 0 Å². The summed E-state index contributed by atoms with van der Waals surface area (Å²) in [5, 5.41) is 0. The molecule has 1 atom stereocenters. The molecule has 0 aromatic rings. The van der Waals surface area contributed by atoms with Crippen LogP contribution < -0.4 is 0 Å². The third-order valence-electron chi connectivity index (χ3n) is 3.07. The molecule has 0 bridgehead atoms. The second kappa shape index (κ2) is 6.78. The number of piperazine rings is 1. The lowest BCUT2D eigenvalue weighted by molar-refractivity contribution is -0.147. The van der Waals surface area contributed by atoms with Crippen molar-refractivity contribution in [1.82, 2.24) is 9.80 Å². The molecule has 2 amide bonds. The number of carbonyl (C=O) groups excluding carboxylic acids is 3. The van der Waals surface area contributed by atoms with Crippen LogP contribution in [0.4, 0.5) is 4.79 Å². The molecule has 7 nitrogen and oxygen atoms in total. The van der Waals surface area contributed by atoms with Crippen LogP contribution in [0, 0.1) is 5.92 Å². The van der Waals surface area contributed by atoms with Gasteiger partial charge in [-0.05, 0) is 20.8 Å². The van der Waals surface area contributed by atoms with Crippen molar-refractivity contribution in [2.45, 2.75) is 33.3 Å². The van der Waals surface area contributed by atoms with Gasteiger partial charge in [0, 0.05) is 19.6 Å². The first kappa shape index (κ1) is 17.3. The summed E-state index contributed by atoms with van der Waals surface area (Å²) in [5.41, 5.74) is -0.587. The summed E-state index contributed by atoms with van der Waals surface area (Å²) in [6.45, 7) is 8.10. The van der Waals surface area contributed by atoms with Crippen LogP contribution in [0.15, 0.2) is 0 Å². The van der Waals surface area contributed by atoms with Crippen LogP contribution in [0.5, 0.6) is 0 Å². The van der Waals surface area contributed by atoms with Crippen LogP contribution in [-0.2, 0) is 19.1 Å². The predicted molar refractivity (Wildman–Crippen MR) is 75.6 cm³/mol. The normalized spacial score (nSPS) is 17.5. The van der Waals surface area contributed by atoms with Crippen LogP contribution in [0.2, 0.25) is 0 Å². The highest BCUT2D eigenvalue weighted by molar-refractivity contribution is 5.84. The zero-order valence-electron chi connectivity index (χ0n) is 13.3. The smallest absolute Gasteiger partial charge is 0.410 e. The van der Waals surface area contributed by atoms with Gasteiger partial charge in [0.15, 0.2) is 0 Å². The summed E-state index contributed by atoms with van der Waals surface area (Å²) >= 11 is 0. The maximum atomic E-state index is 12.0. The zero-order valence-corrected chi connectivity index (χ0v) is 13.3. The van der Waals surface area contributed by atoms with Gasteiger partial charge in [-0.25, -0.2) is 4.79 Å². The Bertz CT molecular complexity index is 416. The van der Waals surface area contributed by atoms with Crippen molar-refractivity contribution in [3.8, 4) is 0 Å². The van der Waals surface area contributed by atoms with Gasteiger partial charge in [-0.1, -0.05) is 6.92 Å². The highest BCUT2D eigenvalue weighted by Crippen LogP contribution is 2.13. The molecule has 1 aliphatic heterocycles. The maximum absolute atomic E-state index is 12.0. The molecule has 1 heterocycles. The van der Waals surface area contributed by atoms with Crippen LogP contribution in [0.3, 0.4) is 0 Å². The quantitative estimate of drug-likeness (QED) is 0.723. The molecule has 0 aromatic carbocycles. The SMILES string of the molecule is COC(=O)C(C)CN1CCN(C(=O)OC(C)(C)C)CC1=O. The van der Waals surface area contributed by atoms with Crippen LogP contribution in [0.1, 0.15) is 27.7 Å². The number of nitrogens with zero attached hydrogens (tertiary/aromatic N) is 2. The largest absolute Gasteiger partial charge is 0.469 e. The molecule has 1 aliphatic rings. The molecule has 21 heavy (non-hydrogen) atoms. The molecular formula is C14H24N2O5. The van der Waals surface area contributed by atoms with Gasteiger partial charge in [-0.15, -0.1) is 0 Å². The number of methoxy groups -OCH3 is 1. The van der Waals surface area contributed by atoms with E-state index >= 15 is 0 Å². The van der Waals surface area contributed by atoms with E-state index < -0.39 is 11.7 Å². The average molecular weight is 300 g/mol.